The van der Waals surface area contributed by atoms with Crippen molar-refractivity contribution in [3.8, 4) is 0 Å². The molecule has 0 radical (unpaired) electrons. The van der Waals surface area contributed by atoms with Crippen LogP contribution in [-0.2, 0) is 16.0 Å². The van der Waals surface area contributed by atoms with Gasteiger partial charge in [0.25, 0.3) is 0 Å². The lowest BCUT2D eigenvalue weighted by Gasteiger charge is -2.36. The van der Waals surface area contributed by atoms with E-state index in [1.807, 2.05) is 0 Å². The van der Waals surface area contributed by atoms with E-state index in [-0.39, 0.29) is 37.1 Å². The van der Waals surface area contributed by atoms with Crippen LogP contribution in [0, 0.1) is 11.6 Å². The lowest BCUT2D eigenvalue weighted by Crippen LogP contribution is -2.50. The molecule has 1 N–H and O–H groups in total. The molecule has 2 rings (SSSR count). The average molecular weight is 285 g/mol. The van der Waals surface area contributed by atoms with E-state index >= 15 is 0 Å². The quantitative estimate of drug-likeness (QED) is 0.905. The summed E-state index contributed by atoms with van der Waals surface area (Å²) in [5.74, 6) is -2.25. The number of aliphatic hydroxyl groups is 1. The molecule has 2 atom stereocenters. The first-order valence-corrected chi connectivity index (χ1v) is 6.48. The van der Waals surface area contributed by atoms with Crippen molar-refractivity contribution < 1.29 is 23.4 Å². The van der Waals surface area contributed by atoms with Crippen LogP contribution in [0.2, 0.25) is 0 Å². The molecule has 0 spiro atoms. The predicted molar refractivity (Wildman–Crippen MR) is 68.1 cm³/mol. The number of carbonyl (C=O) groups is 1. The lowest BCUT2D eigenvalue weighted by molar-refractivity contribution is -0.146. The summed E-state index contributed by atoms with van der Waals surface area (Å²) in [7, 11) is 0. The van der Waals surface area contributed by atoms with Crippen molar-refractivity contribution in [3.63, 3.8) is 0 Å². The highest BCUT2D eigenvalue weighted by atomic mass is 19.2. The fourth-order valence-corrected chi connectivity index (χ4v) is 2.31. The van der Waals surface area contributed by atoms with Gasteiger partial charge in [0.15, 0.2) is 11.6 Å². The molecule has 1 amide bonds. The summed E-state index contributed by atoms with van der Waals surface area (Å²) in [4.78, 5) is 13.7. The Hall–Kier alpha value is -1.53. The van der Waals surface area contributed by atoms with Gasteiger partial charge in [0.1, 0.15) is 0 Å². The van der Waals surface area contributed by atoms with E-state index in [1.165, 1.54) is 17.0 Å². The third kappa shape index (κ3) is 3.32. The van der Waals surface area contributed by atoms with Gasteiger partial charge in [0.05, 0.1) is 25.2 Å². The second-order valence-corrected chi connectivity index (χ2v) is 4.94. The van der Waals surface area contributed by atoms with E-state index < -0.39 is 17.7 Å². The monoisotopic (exact) mass is 285 g/mol. The number of morpholine rings is 1. The molecule has 0 aromatic heterocycles. The minimum Gasteiger partial charge on any atom is -0.394 e. The molecule has 1 aliphatic rings. The fourth-order valence-electron chi connectivity index (χ4n) is 2.31. The van der Waals surface area contributed by atoms with Crippen molar-refractivity contribution in [2.45, 2.75) is 25.6 Å². The zero-order valence-electron chi connectivity index (χ0n) is 11.2. The molecule has 1 heterocycles. The summed E-state index contributed by atoms with van der Waals surface area (Å²) in [6, 6.07) is 3.78. The second-order valence-electron chi connectivity index (χ2n) is 4.94. The summed E-state index contributed by atoms with van der Waals surface area (Å²) in [6.07, 6.45) is -0.823. The highest BCUT2D eigenvalue weighted by molar-refractivity contribution is 5.79. The number of halogens is 2. The second kappa shape index (κ2) is 6.28. The van der Waals surface area contributed by atoms with Crippen LogP contribution in [0.25, 0.3) is 0 Å². The van der Waals surface area contributed by atoms with E-state index in [4.69, 9.17) is 9.84 Å². The van der Waals surface area contributed by atoms with Crippen LogP contribution in [0.4, 0.5) is 8.78 Å². The van der Waals surface area contributed by atoms with Crippen LogP contribution in [-0.4, -0.2) is 47.8 Å². The number of ether oxygens (including phenoxy) is 1. The largest absolute Gasteiger partial charge is 0.394 e. The molecule has 20 heavy (non-hydrogen) atoms. The van der Waals surface area contributed by atoms with Gasteiger partial charge < -0.3 is 14.7 Å². The van der Waals surface area contributed by atoms with E-state index in [9.17, 15) is 13.6 Å². The average Bonchev–Trinajstić information content (AvgIpc) is 2.43. The first kappa shape index (κ1) is 14.9. The number of hydrogen-bond donors (Lipinski definition) is 1. The summed E-state index contributed by atoms with van der Waals surface area (Å²) < 4.78 is 32.1. The molecule has 1 saturated heterocycles. The third-order valence-electron chi connectivity index (χ3n) is 3.26. The molecule has 0 bridgehead atoms. The van der Waals surface area contributed by atoms with E-state index in [0.717, 1.165) is 6.07 Å². The molecule has 1 aromatic rings. The number of nitrogens with zero attached hydrogens (tertiary/aromatic N) is 1. The summed E-state index contributed by atoms with van der Waals surface area (Å²) in [6.45, 7) is 2.26. The summed E-state index contributed by atoms with van der Waals surface area (Å²) >= 11 is 0. The Morgan fingerprint density at radius 3 is 2.90 bits per heavy atom. The SMILES string of the molecule is CC1CN(C(=O)Cc2cccc(F)c2F)CC(CO)O1. The van der Waals surface area contributed by atoms with Crippen molar-refractivity contribution in [1.29, 1.82) is 0 Å². The Bertz CT molecular complexity index is 495. The van der Waals surface area contributed by atoms with Crippen molar-refractivity contribution in [1.82, 2.24) is 4.90 Å². The Morgan fingerprint density at radius 2 is 2.20 bits per heavy atom. The van der Waals surface area contributed by atoms with Gasteiger partial charge in [-0.15, -0.1) is 0 Å². The van der Waals surface area contributed by atoms with Gasteiger partial charge in [-0.1, -0.05) is 12.1 Å². The van der Waals surface area contributed by atoms with Gasteiger partial charge in [-0.05, 0) is 13.0 Å². The molecular weight excluding hydrogens is 268 g/mol. The molecule has 0 aliphatic carbocycles. The van der Waals surface area contributed by atoms with Gasteiger partial charge in [-0.3, -0.25) is 4.79 Å². The van der Waals surface area contributed by atoms with Gasteiger partial charge in [0, 0.05) is 18.7 Å². The summed E-state index contributed by atoms with van der Waals surface area (Å²) in [5, 5.41) is 9.11. The first-order valence-electron chi connectivity index (χ1n) is 6.48. The number of amides is 1. The Morgan fingerprint density at radius 1 is 1.45 bits per heavy atom. The number of carbonyl (C=O) groups excluding carboxylic acids is 1. The first-order chi connectivity index (χ1) is 9.51. The number of rotatable bonds is 3. The lowest BCUT2D eigenvalue weighted by atomic mass is 10.1. The molecule has 1 aliphatic heterocycles. The highest BCUT2D eigenvalue weighted by Crippen LogP contribution is 2.16. The Balaban J connectivity index is 2.06. The van der Waals surface area contributed by atoms with Crippen LogP contribution in [0.15, 0.2) is 18.2 Å². The van der Waals surface area contributed by atoms with Crippen LogP contribution in [0.5, 0.6) is 0 Å². The van der Waals surface area contributed by atoms with Crippen molar-refractivity contribution in [2.24, 2.45) is 0 Å². The van der Waals surface area contributed by atoms with Gasteiger partial charge in [-0.25, -0.2) is 8.78 Å². The number of aliphatic hydroxyl groups excluding tert-OH is 1. The minimum atomic E-state index is -0.985. The van der Waals surface area contributed by atoms with Crippen molar-refractivity contribution >= 4 is 5.91 Å². The van der Waals surface area contributed by atoms with Crippen LogP contribution in [0.3, 0.4) is 0 Å². The normalized spacial score (nSPS) is 22.9. The number of hydrogen-bond acceptors (Lipinski definition) is 3. The standard InChI is InChI=1S/C14H17F2NO3/c1-9-6-17(7-11(8-18)20-9)13(19)5-10-3-2-4-12(15)14(10)16/h2-4,9,11,18H,5-8H2,1H3. The van der Waals surface area contributed by atoms with Gasteiger partial charge in [-0.2, -0.15) is 0 Å². The molecule has 6 heteroatoms. The molecule has 110 valence electrons. The topological polar surface area (TPSA) is 49.8 Å². The molecular formula is C14H17F2NO3. The minimum absolute atomic E-state index is 0.0368. The number of benzene rings is 1. The maximum atomic E-state index is 13.5. The molecule has 2 unspecified atom stereocenters. The zero-order chi connectivity index (χ0) is 14.7. The van der Waals surface area contributed by atoms with E-state index in [0.29, 0.717) is 6.54 Å². The Labute approximate surface area is 116 Å². The zero-order valence-corrected chi connectivity index (χ0v) is 11.2. The van der Waals surface area contributed by atoms with Crippen LogP contribution < -0.4 is 0 Å². The third-order valence-corrected chi connectivity index (χ3v) is 3.26. The van der Waals surface area contributed by atoms with Crippen molar-refractivity contribution in [3.05, 3.63) is 35.4 Å². The van der Waals surface area contributed by atoms with Crippen LogP contribution >= 0.6 is 0 Å². The Kier molecular flexibility index (Phi) is 4.67. The summed E-state index contributed by atoms with van der Waals surface area (Å²) in [5.41, 5.74) is 0.0368. The maximum absolute atomic E-state index is 13.5. The van der Waals surface area contributed by atoms with Crippen molar-refractivity contribution in [2.75, 3.05) is 19.7 Å². The smallest absolute Gasteiger partial charge is 0.227 e. The van der Waals surface area contributed by atoms with Crippen LogP contribution in [0.1, 0.15) is 12.5 Å². The van der Waals surface area contributed by atoms with E-state index in [2.05, 4.69) is 0 Å². The van der Waals surface area contributed by atoms with E-state index in [1.54, 1.807) is 6.92 Å². The highest BCUT2D eigenvalue weighted by Gasteiger charge is 2.28. The predicted octanol–water partition coefficient (Wildman–Crippen LogP) is 1.12. The molecule has 1 fully saturated rings. The maximum Gasteiger partial charge on any atom is 0.227 e. The molecule has 4 nitrogen and oxygen atoms in total. The fraction of sp³-hybridized carbons (Fsp3) is 0.500. The molecule has 0 saturated carbocycles. The van der Waals surface area contributed by atoms with Gasteiger partial charge >= 0.3 is 0 Å². The molecule has 1 aromatic carbocycles. The van der Waals surface area contributed by atoms with Gasteiger partial charge in [0.2, 0.25) is 5.91 Å².